The van der Waals surface area contributed by atoms with E-state index in [9.17, 15) is 9.59 Å². The van der Waals surface area contributed by atoms with Crippen LogP contribution in [-0.2, 0) is 11.3 Å². The number of urea groups is 1. The molecule has 104 valence electrons. The van der Waals surface area contributed by atoms with Crippen LogP contribution in [0.3, 0.4) is 0 Å². The lowest BCUT2D eigenvalue weighted by atomic mass is 10.2. The van der Waals surface area contributed by atoms with E-state index in [1.54, 1.807) is 19.2 Å². The maximum absolute atomic E-state index is 11.4. The van der Waals surface area contributed by atoms with Gasteiger partial charge in [0.25, 0.3) is 0 Å². The fourth-order valence-corrected chi connectivity index (χ4v) is 1.32. The van der Waals surface area contributed by atoms with Gasteiger partial charge in [-0.05, 0) is 17.7 Å². The zero-order chi connectivity index (χ0) is 14.3. The highest BCUT2D eigenvalue weighted by atomic mass is 16.5. The van der Waals surface area contributed by atoms with Crippen molar-refractivity contribution in [2.24, 2.45) is 5.92 Å². The Kier molecular flexibility index (Phi) is 5.66. The van der Waals surface area contributed by atoms with E-state index in [4.69, 9.17) is 9.84 Å². The van der Waals surface area contributed by atoms with Crippen molar-refractivity contribution in [3.63, 3.8) is 0 Å². The number of benzene rings is 1. The summed E-state index contributed by atoms with van der Waals surface area (Å²) in [7, 11) is 1.59. The number of hydrogen-bond acceptors (Lipinski definition) is 3. The van der Waals surface area contributed by atoms with Crippen LogP contribution in [0.4, 0.5) is 4.79 Å². The van der Waals surface area contributed by atoms with E-state index in [-0.39, 0.29) is 12.6 Å². The average molecular weight is 266 g/mol. The molecular formula is C13H18N2O4. The fraction of sp³-hybridized carbons (Fsp3) is 0.385. The van der Waals surface area contributed by atoms with Crippen LogP contribution in [0.15, 0.2) is 24.3 Å². The molecule has 0 spiro atoms. The van der Waals surface area contributed by atoms with Crippen LogP contribution in [-0.4, -0.2) is 30.8 Å². The predicted molar refractivity (Wildman–Crippen MR) is 70.0 cm³/mol. The van der Waals surface area contributed by atoms with Crippen molar-refractivity contribution in [3.05, 3.63) is 29.8 Å². The second-order valence-electron chi connectivity index (χ2n) is 4.15. The first kappa shape index (κ1) is 14.8. The molecule has 0 heterocycles. The molecule has 1 atom stereocenters. The zero-order valence-corrected chi connectivity index (χ0v) is 11.0. The van der Waals surface area contributed by atoms with Crippen molar-refractivity contribution in [3.8, 4) is 5.75 Å². The Labute approximate surface area is 111 Å². The SMILES string of the molecule is COc1ccc(CNC(=O)NCC(C)C(=O)O)cc1. The molecule has 2 amide bonds. The molecule has 6 nitrogen and oxygen atoms in total. The number of hydrogen-bond donors (Lipinski definition) is 3. The van der Waals surface area contributed by atoms with Crippen LogP contribution in [0.2, 0.25) is 0 Å². The molecule has 1 aromatic rings. The number of carbonyl (C=O) groups excluding carboxylic acids is 1. The first-order valence-corrected chi connectivity index (χ1v) is 5.90. The van der Waals surface area contributed by atoms with E-state index in [2.05, 4.69) is 10.6 Å². The Hall–Kier alpha value is -2.24. The van der Waals surface area contributed by atoms with Gasteiger partial charge >= 0.3 is 12.0 Å². The zero-order valence-electron chi connectivity index (χ0n) is 11.0. The molecule has 0 saturated carbocycles. The highest BCUT2D eigenvalue weighted by Gasteiger charge is 2.11. The summed E-state index contributed by atoms with van der Waals surface area (Å²) in [6, 6.07) is 6.92. The summed E-state index contributed by atoms with van der Waals surface area (Å²) in [5, 5.41) is 13.8. The van der Waals surface area contributed by atoms with E-state index >= 15 is 0 Å². The average Bonchev–Trinajstić information content (AvgIpc) is 2.42. The van der Waals surface area contributed by atoms with Crippen molar-refractivity contribution in [1.82, 2.24) is 10.6 Å². The van der Waals surface area contributed by atoms with Crippen molar-refractivity contribution >= 4 is 12.0 Å². The van der Waals surface area contributed by atoms with Crippen LogP contribution in [0.5, 0.6) is 5.75 Å². The normalized spacial score (nSPS) is 11.5. The van der Waals surface area contributed by atoms with E-state index < -0.39 is 11.9 Å². The third-order valence-electron chi connectivity index (χ3n) is 2.60. The summed E-state index contributed by atoms with van der Waals surface area (Å²) >= 11 is 0. The van der Waals surface area contributed by atoms with Crippen LogP contribution in [0.25, 0.3) is 0 Å². The monoisotopic (exact) mass is 266 g/mol. The van der Waals surface area contributed by atoms with Gasteiger partial charge in [-0.3, -0.25) is 4.79 Å². The third-order valence-corrected chi connectivity index (χ3v) is 2.60. The molecule has 0 aliphatic rings. The molecule has 0 fully saturated rings. The molecule has 0 radical (unpaired) electrons. The topological polar surface area (TPSA) is 87.7 Å². The molecule has 0 aliphatic carbocycles. The van der Waals surface area contributed by atoms with Gasteiger partial charge in [0.15, 0.2) is 0 Å². The first-order chi connectivity index (χ1) is 9.02. The lowest BCUT2D eigenvalue weighted by molar-refractivity contribution is -0.140. The predicted octanol–water partition coefficient (Wildman–Crippen LogP) is 1.22. The highest BCUT2D eigenvalue weighted by Crippen LogP contribution is 2.10. The van der Waals surface area contributed by atoms with Crippen LogP contribution >= 0.6 is 0 Å². The number of amides is 2. The van der Waals surface area contributed by atoms with Gasteiger partial charge in [-0.15, -0.1) is 0 Å². The highest BCUT2D eigenvalue weighted by molar-refractivity contribution is 5.75. The van der Waals surface area contributed by atoms with Crippen molar-refractivity contribution in [1.29, 1.82) is 0 Å². The summed E-state index contributed by atoms with van der Waals surface area (Å²) in [6.45, 7) is 2.01. The van der Waals surface area contributed by atoms with Gasteiger partial charge in [-0.2, -0.15) is 0 Å². The van der Waals surface area contributed by atoms with Crippen LogP contribution in [0, 0.1) is 5.92 Å². The van der Waals surface area contributed by atoms with Gasteiger partial charge in [0.1, 0.15) is 5.75 Å². The molecule has 3 N–H and O–H groups in total. The molecule has 6 heteroatoms. The summed E-state index contributed by atoms with van der Waals surface area (Å²) in [6.07, 6.45) is 0. The Morgan fingerprint density at radius 2 is 1.89 bits per heavy atom. The number of methoxy groups -OCH3 is 1. The lowest BCUT2D eigenvalue weighted by Crippen LogP contribution is -2.38. The van der Waals surface area contributed by atoms with E-state index in [0.29, 0.717) is 6.54 Å². The Morgan fingerprint density at radius 3 is 2.42 bits per heavy atom. The van der Waals surface area contributed by atoms with E-state index in [0.717, 1.165) is 11.3 Å². The minimum atomic E-state index is -0.935. The number of nitrogens with one attached hydrogen (secondary N) is 2. The van der Waals surface area contributed by atoms with Crippen LogP contribution < -0.4 is 15.4 Å². The largest absolute Gasteiger partial charge is 0.497 e. The van der Waals surface area contributed by atoms with E-state index in [1.807, 2.05) is 12.1 Å². The van der Waals surface area contributed by atoms with Gasteiger partial charge in [0.2, 0.25) is 0 Å². The second kappa shape index (κ2) is 7.25. The maximum Gasteiger partial charge on any atom is 0.315 e. The summed E-state index contributed by atoms with van der Waals surface area (Å²) in [5.74, 6) is -0.786. The van der Waals surface area contributed by atoms with Gasteiger partial charge in [0, 0.05) is 13.1 Å². The molecule has 0 saturated heterocycles. The number of aliphatic carboxylic acids is 1. The molecule has 1 aromatic carbocycles. The molecule has 0 bridgehead atoms. The maximum atomic E-state index is 11.4. The third kappa shape index (κ3) is 5.29. The summed E-state index contributed by atoms with van der Waals surface area (Å²) in [4.78, 5) is 22.0. The van der Waals surface area contributed by atoms with Gasteiger partial charge in [-0.1, -0.05) is 19.1 Å². The number of ether oxygens (including phenoxy) is 1. The minimum Gasteiger partial charge on any atom is -0.497 e. The Morgan fingerprint density at radius 1 is 1.26 bits per heavy atom. The molecule has 1 rings (SSSR count). The Balaban J connectivity index is 2.31. The summed E-state index contributed by atoms with van der Waals surface area (Å²) < 4.78 is 5.03. The smallest absolute Gasteiger partial charge is 0.315 e. The Bertz CT molecular complexity index is 431. The van der Waals surface area contributed by atoms with Gasteiger partial charge in [0.05, 0.1) is 13.0 Å². The molecule has 0 aliphatic heterocycles. The number of carboxylic acid groups (broad SMARTS) is 1. The number of carboxylic acids is 1. The van der Waals surface area contributed by atoms with Gasteiger partial charge in [-0.25, -0.2) is 4.79 Å². The fourth-order valence-electron chi connectivity index (χ4n) is 1.32. The molecule has 1 unspecified atom stereocenters. The number of rotatable bonds is 6. The minimum absolute atomic E-state index is 0.101. The second-order valence-corrected chi connectivity index (χ2v) is 4.15. The van der Waals surface area contributed by atoms with Crippen molar-refractivity contribution < 1.29 is 19.4 Å². The van der Waals surface area contributed by atoms with Crippen molar-refractivity contribution in [2.75, 3.05) is 13.7 Å². The first-order valence-electron chi connectivity index (χ1n) is 5.90. The quantitative estimate of drug-likeness (QED) is 0.722. The van der Waals surface area contributed by atoms with Crippen LogP contribution in [0.1, 0.15) is 12.5 Å². The summed E-state index contributed by atoms with van der Waals surface area (Å²) in [5.41, 5.74) is 0.933. The lowest BCUT2D eigenvalue weighted by Gasteiger charge is -2.10. The number of carbonyl (C=O) groups is 2. The molecule has 19 heavy (non-hydrogen) atoms. The standard InChI is InChI=1S/C13H18N2O4/c1-9(12(16)17)7-14-13(18)15-8-10-3-5-11(19-2)6-4-10/h3-6,9H,7-8H2,1-2H3,(H,16,17)(H2,14,15,18). The van der Waals surface area contributed by atoms with Gasteiger partial charge < -0.3 is 20.5 Å². The molecular weight excluding hydrogens is 248 g/mol. The molecule has 0 aromatic heterocycles. The van der Waals surface area contributed by atoms with Crippen molar-refractivity contribution in [2.45, 2.75) is 13.5 Å². The van der Waals surface area contributed by atoms with E-state index in [1.165, 1.54) is 6.92 Å².